The van der Waals surface area contributed by atoms with Gasteiger partial charge in [-0.25, -0.2) is 0 Å². The van der Waals surface area contributed by atoms with Gasteiger partial charge in [-0.3, -0.25) is 0 Å². The van der Waals surface area contributed by atoms with Crippen molar-refractivity contribution in [3.05, 3.63) is 0 Å². The number of nitriles is 1. The van der Waals surface area contributed by atoms with Crippen LogP contribution in [0.25, 0.3) is 0 Å². The first kappa shape index (κ1) is 13.5. The third kappa shape index (κ3) is 4.14. The lowest BCUT2D eigenvalue weighted by Crippen LogP contribution is -2.35. The van der Waals surface area contributed by atoms with E-state index in [1.165, 1.54) is 32.1 Å². The molecule has 1 rings (SSSR count). The summed E-state index contributed by atoms with van der Waals surface area (Å²) in [5.74, 6) is 0.922. The summed E-state index contributed by atoms with van der Waals surface area (Å²) in [6, 6.07) is 2.28. The largest absolute Gasteiger partial charge is 0.315 e. The Morgan fingerprint density at radius 1 is 1.25 bits per heavy atom. The first-order valence-corrected chi connectivity index (χ1v) is 6.68. The molecule has 2 heteroatoms. The molecule has 1 unspecified atom stereocenters. The fourth-order valence-electron chi connectivity index (χ4n) is 3.04. The van der Waals surface area contributed by atoms with Crippen molar-refractivity contribution >= 4 is 0 Å². The quantitative estimate of drug-likeness (QED) is 0.748. The van der Waals surface area contributed by atoms with Crippen LogP contribution in [0.3, 0.4) is 0 Å². The average Bonchev–Trinajstić information content (AvgIpc) is 2.65. The highest BCUT2D eigenvalue weighted by molar-refractivity contribution is 4.88. The van der Waals surface area contributed by atoms with Crippen LogP contribution in [-0.4, -0.2) is 13.1 Å². The summed E-state index contributed by atoms with van der Waals surface area (Å²) >= 11 is 0. The van der Waals surface area contributed by atoms with Crippen molar-refractivity contribution < 1.29 is 0 Å². The zero-order chi connectivity index (χ0) is 12.0. The second kappa shape index (κ2) is 6.25. The maximum absolute atomic E-state index is 8.75. The van der Waals surface area contributed by atoms with Crippen LogP contribution in [0.4, 0.5) is 0 Å². The molecule has 92 valence electrons. The summed E-state index contributed by atoms with van der Waals surface area (Å²) in [6.07, 6.45) is 6.86. The van der Waals surface area contributed by atoms with Crippen LogP contribution in [0.5, 0.6) is 0 Å². The van der Waals surface area contributed by atoms with Crippen molar-refractivity contribution in [3.8, 4) is 6.07 Å². The monoisotopic (exact) mass is 222 g/mol. The van der Waals surface area contributed by atoms with Crippen LogP contribution in [0.1, 0.15) is 52.9 Å². The smallest absolute Gasteiger partial charge is 0.0666 e. The molecule has 0 amide bonds. The molecule has 0 heterocycles. The molecule has 1 fully saturated rings. The van der Waals surface area contributed by atoms with Gasteiger partial charge >= 0.3 is 0 Å². The van der Waals surface area contributed by atoms with Crippen molar-refractivity contribution in [1.82, 2.24) is 5.32 Å². The number of nitrogens with one attached hydrogen (secondary N) is 1. The normalized spacial score (nSPS) is 20.9. The lowest BCUT2D eigenvalue weighted by atomic mass is 9.78. The Labute approximate surface area is 100 Å². The van der Waals surface area contributed by atoms with E-state index in [2.05, 4.69) is 25.2 Å². The van der Waals surface area contributed by atoms with E-state index >= 15 is 0 Å². The second-order valence-corrected chi connectivity index (χ2v) is 5.97. The van der Waals surface area contributed by atoms with E-state index in [4.69, 9.17) is 5.26 Å². The van der Waals surface area contributed by atoms with E-state index in [1.54, 1.807) is 0 Å². The van der Waals surface area contributed by atoms with E-state index in [9.17, 15) is 0 Å². The van der Waals surface area contributed by atoms with Gasteiger partial charge in [-0.05, 0) is 37.5 Å². The number of hydrogen-bond acceptors (Lipinski definition) is 2. The minimum Gasteiger partial charge on any atom is -0.315 e. The van der Waals surface area contributed by atoms with E-state index < -0.39 is 0 Å². The topological polar surface area (TPSA) is 35.8 Å². The average molecular weight is 222 g/mol. The molecule has 1 aliphatic carbocycles. The van der Waals surface area contributed by atoms with Crippen LogP contribution in [0.2, 0.25) is 0 Å². The molecule has 0 aliphatic heterocycles. The molecular formula is C14H26N2. The highest BCUT2D eigenvalue weighted by Crippen LogP contribution is 2.42. The molecule has 1 N–H and O–H groups in total. The predicted octanol–water partition coefficient (Wildman–Crippen LogP) is 3.34. The van der Waals surface area contributed by atoms with Crippen molar-refractivity contribution in [2.45, 2.75) is 52.9 Å². The van der Waals surface area contributed by atoms with Crippen LogP contribution in [0.15, 0.2) is 0 Å². The van der Waals surface area contributed by atoms with E-state index in [1.807, 2.05) is 6.92 Å². The molecule has 16 heavy (non-hydrogen) atoms. The lowest BCUT2D eigenvalue weighted by Gasteiger charge is -2.31. The fourth-order valence-corrected chi connectivity index (χ4v) is 3.04. The molecule has 0 aromatic rings. The van der Waals surface area contributed by atoms with Crippen LogP contribution >= 0.6 is 0 Å². The highest BCUT2D eigenvalue weighted by Gasteiger charge is 2.33. The van der Waals surface area contributed by atoms with Crippen molar-refractivity contribution in [2.24, 2.45) is 17.3 Å². The summed E-state index contributed by atoms with van der Waals surface area (Å²) in [5, 5.41) is 12.2. The van der Waals surface area contributed by atoms with Gasteiger partial charge in [0.15, 0.2) is 0 Å². The van der Waals surface area contributed by atoms with Gasteiger partial charge in [0.1, 0.15) is 0 Å². The third-order valence-electron chi connectivity index (χ3n) is 3.68. The van der Waals surface area contributed by atoms with E-state index in [0.29, 0.717) is 5.41 Å². The Bertz CT molecular complexity index is 234. The summed E-state index contributed by atoms with van der Waals surface area (Å²) in [5.41, 5.74) is 0.531. The Balaban J connectivity index is 2.37. The van der Waals surface area contributed by atoms with Gasteiger partial charge in [0.05, 0.1) is 12.0 Å². The molecule has 0 saturated heterocycles. The molecule has 2 nitrogen and oxygen atoms in total. The number of hydrogen-bond donors (Lipinski definition) is 1. The molecule has 0 radical (unpaired) electrons. The van der Waals surface area contributed by atoms with Crippen molar-refractivity contribution in [1.29, 1.82) is 5.26 Å². The summed E-state index contributed by atoms with van der Waals surface area (Å²) in [6.45, 7) is 8.57. The third-order valence-corrected chi connectivity index (χ3v) is 3.68. The Kier molecular flexibility index (Phi) is 5.28. The fraction of sp³-hybridized carbons (Fsp3) is 0.929. The standard InChI is InChI=1S/C14H26N2/c1-12(2)8-14(6-4-5-7-14)11-16-10-13(3)9-15/h12-13,16H,4-8,10-11H2,1-3H3. The van der Waals surface area contributed by atoms with Crippen LogP contribution < -0.4 is 5.32 Å². The zero-order valence-corrected chi connectivity index (χ0v) is 11.1. The Hall–Kier alpha value is -0.550. The maximum atomic E-state index is 8.75. The van der Waals surface area contributed by atoms with Gasteiger partial charge in [-0.1, -0.05) is 26.7 Å². The highest BCUT2D eigenvalue weighted by atomic mass is 14.9. The van der Waals surface area contributed by atoms with Gasteiger partial charge in [-0.2, -0.15) is 5.26 Å². The molecule has 1 aliphatic rings. The molecule has 0 spiro atoms. The van der Waals surface area contributed by atoms with Crippen molar-refractivity contribution in [2.75, 3.05) is 13.1 Å². The first-order valence-electron chi connectivity index (χ1n) is 6.68. The molecule has 0 aromatic heterocycles. The molecular weight excluding hydrogens is 196 g/mol. The Morgan fingerprint density at radius 2 is 1.88 bits per heavy atom. The Morgan fingerprint density at radius 3 is 2.38 bits per heavy atom. The van der Waals surface area contributed by atoms with Crippen LogP contribution in [-0.2, 0) is 0 Å². The van der Waals surface area contributed by atoms with E-state index in [0.717, 1.165) is 19.0 Å². The van der Waals surface area contributed by atoms with Gasteiger partial charge in [0.25, 0.3) is 0 Å². The molecule has 1 atom stereocenters. The SMILES string of the molecule is CC(C)CC1(CNCC(C)C#N)CCCC1. The van der Waals surface area contributed by atoms with Gasteiger partial charge in [0, 0.05) is 13.1 Å². The maximum Gasteiger partial charge on any atom is 0.0666 e. The first-order chi connectivity index (χ1) is 7.58. The summed E-state index contributed by atoms with van der Waals surface area (Å²) in [7, 11) is 0. The number of nitrogens with zero attached hydrogens (tertiary/aromatic N) is 1. The lowest BCUT2D eigenvalue weighted by molar-refractivity contribution is 0.222. The number of rotatable bonds is 6. The van der Waals surface area contributed by atoms with Gasteiger partial charge in [-0.15, -0.1) is 0 Å². The minimum atomic E-state index is 0.137. The zero-order valence-electron chi connectivity index (χ0n) is 11.1. The van der Waals surface area contributed by atoms with Crippen molar-refractivity contribution in [3.63, 3.8) is 0 Å². The molecule has 0 aromatic carbocycles. The van der Waals surface area contributed by atoms with E-state index in [-0.39, 0.29) is 5.92 Å². The molecule has 1 saturated carbocycles. The van der Waals surface area contributed by atoms with Gasteiger partial charge < -0.3 is 5.32 Å². The van der Waals surface area contributed by atoms with Crippen LogP contribution in [0, 0.1) is 28.6 Å². The van der Waals surface area contributed by atoms with Gasteiger partial charge in [0.2, 0.25) is 0 Å². The molecule has 0 bridgehead atoms. The summed E-state index contributed by atoms with van der Waals surface area (Å²) < 4.78 is 0. The second-order valence-electron chi connectivity index (χ2n) is 5.97. The minimum absolute atomic E-state index is 0.137. The predicted molar refractivity (Wildman–Crippen MR) is 68.0 cm³/mol. The summed E-state index contributed by atoms with van der Waals surface area (Å²) in [4.78, 5) is 0.